The van der Waals surface area contributed by atoms with Crippen molar-refractivity contribution in [1.29, 1.82) is 0 Å². The van der Waals surface area contributed by atoms with E-state index in [-0.39, 0.29) is 12.4 Å². The molecule has 34 heavy (non-hydrogen) atoms. The molecule has 1 unspecified atom stereocenters. The Morgan fingerprint density at radius 2 is 1.18 bits per heavy atom. The van der Waals surface area contributed by atoms with Crippen molar-refractivity contribution < 1.29 is 27.7 Å². The van der Waals surface area contributed by atoms with Crippen molar-refractivity contribution in [3.8, 4) is 11.5 Å². The molecule has 0 fully saturated rings. The number of hydrogen-bond donors (Lipinski definition) is 2. The molecule has 2 aromatic rings. The topological polar surface area (TPSA) is 47.1 Å². The minimum absolute atomic E-state index is 0. The van der Waals surface area contributed by atoms with Gasteiger partial charge in [-0.05, 0) is 49.2 Å². The summed E-state index contributed by atoms with van der Waals surface area (Å²) in [6.07, 6.45) is 17.6. The van der Waals surface area contributed by atoms with Gasteiger partial charge in [-0.25, -0.2) is 0 Å². The van der Waals surface area contributed by atoms with Crippen molar-refractivity contribution >= 4 is 0 Å². The Balaban J connectivity index is 0.00000578. The molecule has 0 aliphatic rings. The Morgan fingerprint density at radius 3 is 1.74 bits per heavy atom. The van der Waals surface area contributed by atoms with Crippen LogP contribution in [-0.4, -0.2) is 6.54 Å². The first-order valence-electron chi connectivity index (χ1n) is 13.4. The van der Waals surface area contributed by atoms with Crippen molar-refractivity contribution in [3.63, 3.8) is 0 Å². The molecule has 0 heterocycles. The fraction of sp³-hybridized carbons (Fsp3) is 0.586. The van der Waals surface area contributed by atoms with Crippen LogP contribution in [0.3, 0.4) is 0 Å². The summed E-state index contributed by atoms with van der Waals surface area (Å²) in [6, 6.07) is 18.4. The van der Waals surface area contributed by atoms with E-state index >= 15 is 0 Å². The van der Waals surface area contributed by atoms with Gasteiger partial charge in [0, 0.05) is 11.7 Å². The number of para-hydroxylation sites is 1. The summed E-state index contributed by atoms with van der Waals surface area (Å²) in [5, 5.41) is 3.78. The number of unbranched alkanes of at least 4 members (excludes halogenated alkanes) is 10. The van der Waals surface area contributed by atoms with Gasteiger partial charge in [-0.1, -0.05) is 115 Å². The van der Waals surface area contributed by atoms with Gasteiger partial charge in [0.05, 0.1) is 0 Å². The summed E-state index contributed by atoms with van der Waals surface area (Å²) in [4.78, 5) is 11.1. The molecule has 2 aromatic carbocycles. The van der Waals surface area contributed by atoms with E-state index in [9.17, 15) is 0 Å². The van der Waals surface area contributed by atoms with Crippen LogP contribution in [0.5, 0.6) is 11.5 Å². The second kappa shape index (κ2) is 20.6. The van der Waals surface area contributed by atoms with Gasteiger partial charge < -0.3 is 17.7 Å². The van der Waals surface area contributed by atoms with E-state index in [0.29, 0.717) is 6.04 Å². The number of benzene rings is 2. The lowest BCUT2D eigenvalue weighted by molar-refractivity contribution is -1.01. The van der Waals surface area contributed by atoms with Crippen LogP contribution in [0.1, 0.15) is 109 Å². The van der Waals surface area contributed by atoms with Gasteiger partial charge in [-0.15, -0.1) is 0 Å². The average Bonchev–Trinajstić information content (AvgIpc) is 2.85. The van der Waals surface area contributed by atoms with Crippen LogP contribution >= 0.6 is 0 Å². The van der Waals surface area contributed by atoms with Gasteiger partial charge in [0.15, 0.2) is 11.5 Å². The number of quaternary nitrogens is 1. The molecule has 0 aliphatic heterocycles. The highest BCUT2D eigenvalue weighted by molar-refractivity contribution is 5.28. The molecule has 0 bridgehead atoms. The molecule has 0 spiro atoms. The van der Waals surface area contributed by atoms with Crippen molar-refractivity contribution in [2.75, 3.05) is 6.54 Å². The summed E-state index contributed by atoms with van der Waals surface area (Å²) < 4.78 is 0. The third kappa shape index (κ3) is 13.8. The highest BCUT2D eigenvalue weighted by atomic mass is 35.5. The molecule has 5 heteroatoms. The van der Waals surface area contributed by atoms with E-state index in [1.807, 2.05) is 42.5 Å². The first kappa shape index (κ1) is 30.3. The smallest absolute Gasteiger partial charge is 0.195 e. The molecule has 2 rings (SSSR count). The van der Waals surface area contributed by atoms with Crippen LogP contribution in [0.15, 0.2) is 54.6 Å². The van der Waals surface area contributed by atoms with Gasteiger partial charge >= 0.3 is 0 Å². The lowest BCUT2D eigenvalue weighted by Crippen LogP contribution is -3.00. The molecule has 192 valence electrons. The van der Waals surface area contributed by atoms with E-state index in [0.717, 1.165) is 24.5 Å². The van der Waals surface area contributed by atoms with Gasteiger partial charge in [0.25, 0.3) is 0 Å². The molecule has 0 amide bonds. The van der Waals surface area contributed by atoms with Crippen molar-refractivity contribution in [2.24, 2.45) is 0 Å². The summed E-state index contributed by atoms with van der Waals surface area (Å²) in [5.41, 5.74) is 2.72. The minimum Gasteiger partial charge on any atom is -1.00 e. The third-order valence-corrected chi connectivity index (χ3v) is 6.14. The fourth-order valence-corrected chi connectivity index (χ4v) is 4.15. The number of rotatable bonds is 20. The highest BCUT2D eigenvalue weighted by Gasteiger charge is 2.10. The van der Waals surface area contributed by atoms with Gasteiger partial charge in [0.2, 0.25) is 0 Å². The number of hydrogen-bond acceptors (Lipinski definition) is 3. The second-order valence-electron chi connectivity index (χ2n) is 9.04. The molecule has 3 N–H and O–H groups in total. The molecule has 0 aliphatic carbocycles. The standard InChI is InChI=1S/C29H47N2O2.ClH/c1-3-5-6-7-8-9-10-11-12-13-17-25-30-29(18-4-2)26-21-23-28(24-22-26)33-31-32-27-19-15-14-16-20-27;/h14-16,19-24,29-30H,3-13,17-18,25,31H2,1-2H3;1H/q+1;/p-1. The van der Waals surface area contributed by atoms with Crippen molar-refractivity contribution in [1.82, 2.24) is 5.32 Å². The molecule has 4 nitrogen and oxygen atoms in total. The fourth-order valence-electron chi connectivity index (χ4n) is 4.15. The lowest BCUT2D eigenvalue weighted by atomic mass is 10.0. The quantitative estimate of drug-likeness (QED) is 0.215. The van der Waals surface area contributed by atoms with Crippen molar-refractivity contribution in [2.45, 2.75) is 103 Å². The van der Waals surface area contributed by atoms with E-state index in [1.54, 1.807) is 0 Å². The summed E-state index contributed by atoms with van der Waals surface area (Å²) in [5.74, 6) is 1.55. The Kier molecular flexibility index (Phi) is 18.4. The largest absolute Gasteiger partial charge is 1.00 e. The maximum Gasteiger partial charge on any atom is 0.195 e. The summed E-state index contributed by atoms with van der Waals surface area (Å²) in [7, 11) is 0. The van der Waals surface area contributed by atoms with Crippen LogP contribution < -0.4 is 33.0 Å². The molecule has 0 radical (unpaired) electrons. The average molecular weight is 491 g/mol. The van der Waals surface area contributed by atoms with Gasteiger partial charge in [-0.3, -0.25) is 9.68 Å². The van der Waals surface area contributed by atoms with E-state index < -0.39 is 0 Å². The molecular weight excluding hydrogens is 444 g/mol. The number of nitrogens with two attached hydrogens (primary N) is 1. The van der Waals surface area contributed by atoms with Crippen LogP contribution in [0, 0.1) is 0 Å². The predicted octanol–water partition coefficient (Wildman–Crippen LogP) is 4.28. The Bertz CT molecular complexity index is 697. The molecule has 0 saturated heterocycles. The zero-order valence-electron chi connectivity index (χ0n) is 21.4. The minimum atomic E-state index is 0. The van der Waals surface area contributed by atoms with E-state index in [4.69, 9.17) is 9.68 Å². The highest BCUT2D eigenvalue weighted by Crippen LogP contribution is 2.21. The first-order valence-corrected chi connectivity index (χ1v) is 13.4. The van der Waals surface area contributed by atoms with Crippen LogP contribution in [-0.2, 0) is 0 Å². The third-order valence-electron chi connectivity index (χ3n) is 6.14. The van der Waals surface area contributed by atoms with Crippen LogP contribution in [0.4, 0.5) is 0 Å². The number of halogens is 1. The Morgan fingerprint density at radius 1 is 0.647 bits per heavy atom. The van der Waals surface area contributed by atoms with Crippen LogP contribution in [0.2, 0.25) is 0 Å². The molecule has 0 aromatic heterocycles. The molecular formula is C29H47ClN2O2. The molecule has 1 atom stereocenters. The lowest BCUT2D eigenvalue weighted by Gasteiger charge is -2.19. The van der Waals surface area contributed by atoms with Crippen molar-refractivity contribution in [3.05, 3.63) is 60.2 Å². The maximum atomic E-state index is 5.61. The van der Waals surface area contributed by atoms with Gasteiger partial charge in [0.1, 0.15) is 0 Å². The summed E-state index contributed by atoms with van der Waals surface area (Å²) >= 11 is 0. The van der Waals surface area contributed by atoms with Gasteiger partial charge in [-0.2, -0.15) is 0 Å². The zero-order chi connectivity index (χ0) is 23.4. The SMILES string of the molecule is CCCCCCCCCCCCCNC(CCC)c1ccc(O[NH2+]Oc2ccccc2)cc1.[Cl-]. The van der Waals surface area contributed by atoms with E-state index in [2.05, 4.69) is 31.3 Å². The normalized spacial score (nSPS) is 11.6. The van der Waals surface area contributed by atoms with Crippen LogP contribution in [0.25, 0.3) is 0 Å². The predicted molar refractivity (Wildman–Crippen MR) is 138 cm³/mol. The van der Waals surface area contributed by atoms with E-state index in [1.165, 1.54) is 88.3 Å². The maximum absolute atomic E-state index is 5.61. The number of nitrogens with one attached hydrogen (secondary N) is 1. The second-order valence-corrected chi connectivity index (χ2v) is 9.04. The monoisotopic (exact) mass is 490 g/mol. The summed E-state index contributed by atoms with van der Waals surface area (Å²) in [6.45, 7) is 5.64. The Labute approximate surface area is 214 Å². The Hall–Kier alpha value is -1.75. The zero-order valence-corrected chi connectivity index (χ0v) is 22.2. The first-order chi connectivity index (χ1) is 16.3. The molecule has 0 saturated carbocycles.